The number of benzene rings is 2. The maximum atomic E-state index is 12.3. The Labute approximate surface area is 136 Å². The summed E-state index contributed by atoms with van der Waals surface area (Å²) >= 11 is 7.17. The van der Waals surface area contributed by atoms with Crippen molar-refractivity contribution >= 4 is 40.6 Å². The van der Waals surface area contributed by atoms with Gasteiger partial charge < -0.3 is 5.32 Å². The quantitative estimate of drug-likeness (QED) is 0.505. The molecule has 0 aliphatic heterocycles. The van der Waals surface area contributed by atoms with E-state index in [9.17, 15) is 14.9 Å². The number of anilines is 1. The maximum Gasteiger partial charge on any atom is 0.283 e. The third-order valence-electron chi connectivity index (χ3n) is 3.09. The number of carbonyl (C=O) groups is 1. The van der Waals surface area contributed by atoms with E-state index in [4.69, 9.17) is 11.6 Å². The summed E-state index contributed by atoms with van der Waals surface area (Å²) in [6.45, 7) is 1.84. The van der Waals surface area contributed by atoms with Crippen LogP contribution in [0.25, 0.3) is 0 Å². The van der Waals surface area contributed by atoms with Crippen molar-refractivity contribution in [2.24, 2.45) is 0 Å². The van der Waals surface area contributed by atoms with Crippen molar-refractivity contribution in [2.45, 2.75) is 11.8 Å². The number of aryl methyl sites for hydroxylation is 1. The minimum atomic E-state index is -0.493. The van der Waals surface area contributed by atoms with Gasteiger partial charge in [0.2, 0.25) is 0 Å². The van der Waals surface area contributed by atoms with Gasteiger partial charge in [-0.3, -0.25) is 14.9 Å². The van der Waals surface area contributed by atoms with Crippen LogP contribution in [0.2, 0.25) is 5.02 Å². The summed E-state index contributed by atoms with van der Waals surface area (Å²) < 4.78 is 0. The number of nitrogens with zero attached hydrogens (tertiary/aromatic N) is 1. The number of nitro benzene ring substituents is 1. The normalized spacial score (nSPS) is 10.3. The van der Waals surface area contributed by atoms with Crippen molar-refractivity contribution in [1.29, 1.82) is 0 Å². The van der Waals surface area contributed by atoms with E-state index in [0.29, 0.717) is 15.6 Å². The summed E-state index contributed by atoms with van der Waals surface area (Å²) in [4.78, 5) is 23.3. The zero-order valence-electron chi connectivity index (χ0n) is 11.9. The Kier molecular flexibility index (Phi) is 5.05. The minimum Gasteiger partial charge on any atom is -0.322 e. The second-order valence-corrected chi connectivity index (χ2v) is 5.84. The zero-order chi connectivity index (χ0) is 16.3. The van der Waals surface area contributed by atoms with Crippen LogP contribution in [0, 0.1) is 17.0 Å². The van der Waals surface area contributed by atoms with Gasteiger partial charge in [-0.2, -0.15) is 0 Å². The monoisotopic (exact) mass is 336 g/mol. The first-order valence-electron chi connectivity index (χ1n) is 6.32. The number of thioether (sulfide) groups is 1. The third-order valence-corrected chi connectivity index (χ3v) is 4.11. The second kappa shape index (κ2) is 6.81. The molecule has 22 heavy (non-hydrogen) atoms. The lowest BCUT2D eigenvalue weighted by Crippen LogP contribution is -2.13. The van der Waals surface area contributed by atoms with Crippen molar-refractivity contribution in [3.05, 3.63) is 62.7 Å². The highest BCUT2D eigenvalue weighted by atomic mass is 35.5. The molecule has 0 spiro atoms. The molecular formula is C15H13ClN2O3S. The summed E-state index contributed by atoms with van der Waals surface area (Å²) in [5, 5.41) is 14.3. The average molecular weight is 337 g/mol. The SMILES string of the molecule is CSc1ccc(C(=O)Nc2cc(Cl)ccc2C)cc1[N+](=O)[O-]. The highest BCUT2D eigenvalue weighted by molar-refractivity contribution is 7.98. The highest BCUT2D eigenvalue weighted by Crippen LogP contribution is 2.29. The van der Waals surface area contributed by atoms with Gasteiger partial charge in [0.15, 0.2) is 0 Å². The third kappa shape index (κ3) is 3.58. The number of halogens is 1. The fourth-order valence-corrected chi connectivity index (χ4v) is 2.62. The van der Waals surface area contributed by atoms with Crippen molar-refractivity contribution in [3.63, 3.8) is 0 Å². The van der Waals surface area contributed by atoms with E-state index >= 15 is 0 Å². The van der Waals surface area contributed by atoms with E-state index in [1.54, 1.807) is 36.6 Å². The first kappa shape index (κ1) is 16.3. The zero-order valence-corrected chi connectivity index (χ0v) is 13.5. The van der Waals surface area contributed by atoms with Gasteiger partial charge in [-0.1, -0.05) is 17.7 Å². The van der Waals surface area contributed by atoms with Gasteiger partial charge in [0.1, 0.15) is 0 Å². The Hall–Kier alpha value is -2.05. The van der Waals surface area contributed by atoms with Gasteiger partial charge in [0, 0.05) is 22.3 Å². The van der Waals surface area contributed by atoms with Crippen molar-refractivity contribution < 1.29 is 9.72 Å². The largest absolute Gasteiger partial charge is 0.322 e. The number of carbonyl (C=O) groups excluding carboxylic acids is 1. The number of hydrogen-bond donors (Lipinski definition) is 1. The van der Waals surface area contributed by atoms with Crippen LogP contribution < -0.4 is 5.32 Å². The molecule has 0 saturated carbocycles. The van der Waals surface area contributed by atoms with Crippen LogP contribution in [0.1, 0.15) is 15.9 Å². The van der Waals surface area contributed by atoms with Gasteiger partial charge in [0.25, 0.3) is 11.6 Å². The fraction of sp³-hybridized carbons (Fsp3) is 0.133. The Morgan fingerprint density at radius 3 is 2.64 bits per heavy atom. The van der Waals surface area contributed by atoms with Gasteiger partial charge in [-0.05, 0) is 43.0 Å². The first-order valence-corrected chi connectivity index (χ1v) is 7.92. The number of nitrogens with one attached hydrogen (secondary N) is 1. The summed E-state index contributed by atoms with van der Waals surface area (Å²) in [5.41, 5.74) is 1.58. The molecule has 0 aliphatic rings. The Morgan fingerprint density at radius 2 is 2.00 bits per heavy atom. The molecule has 2 aromatic rings. The van der Waals surface area contributed by atoms with E-state index in [1.807, 2.05) is 6.92 Å². The van der Waals surface area contributed by atoms with E-state index in [0.717, 1.165) is 5.56 Å². The Balaban J connectivity index is 2.32. The minimum absolute atomic E-state index is 0.0806. The first-order chi connectivity index (χ1) is 10.4. The van der Waals surface area contributed by atoms with Crippen LogP contribution in [-0.4, -0.2) is 17.1 Å². The van der Waals surface area contributed by atoms with Gasteiger partial charge in [0.05, 0.1) is 9.82 Å². The standard InChI is InChI=1S/C15H13ClN2O3S/c1-9-3-5-11(16)8-12(9)17-15(19)10-4-6-14(22-2)13(7-10)18(20)21/h3-8H,1-2H3,(H,17,19). The van der Waals surface area contributed by atoms with Crippen molar-refractivity contribution in [2.75, 3.05) is 11.6 Å². The van der Waals surface area contributed by atoms with Crippen LogP contribution >= 0.6 is 23.4 Å². The molecule has 0 bridgehead atoms. The topological polar surface area (TPSA) is 72.2 Å². The average Bonchev–Trinajstić information content (AvgIpc) is 2.50. The smallest absolute Gasteiger partial charge is 0.283 e. The lowest BCUT2D eigenvalue weighted by molar-refractivity contribution is -0.387. The predicted octanol–water partition coefficient (Wildman–Crippen LogP) is 4.53. The van der Waals surface area contributed by atoms with E-state index in [-0.39, 0.29) is 11.3 Å². The molecular weight excluding hydrogens is 324 g/mol. The summed E-state index contributed by atoms with van der Waals surface area (Å²) in [6, 6.07) is 9.57. The molecule has 0 saturated heterocycles. The van der Waals surface area contributed by atoms with Crippen molar-refractivity contribution in [1.82, 2.24) is 0 Å². The molecule has 0 heterocycles. The predicted molar refractivity (Wildman–Crippen MR) is 89.0 cm³/mol. The van der Waals surface area contributed by atoms with Crippen LogP contribution in [0.5, 0.6) is 0 Å². The van der Waals surface area contributed by atoms with Crippen LogP contribution in [-0.2, 0) is 0 Å². The van der Waals surface area contributed by atoms with E-state index < -0.39 is 10.8 Å². The molecule has 7 heteroatoms. The second-order valence-electron chi connectivity index (χ2n) is 4.56. The number of rotatable bonds is 4. The lowest BCUT2D eigenvalue weighted by Gasteiger charge is -2.09. The summed E-state index contributed by atoms with van der Waals surface area (Å²) in [7, 11) is 0. The van der Waals surface area contributed by atoms with Crippen LogP contribution in [0.15, 0.2) is 41.3 Å². The van der Waals surface area contributed by atoms with E-state index in [2.05, 4.69) is 5.32 Å². The molecule has 5 nitrogen and oxygen atoms in total. The molecule has 1 N–H and O–H groups in total. The number of amides is 1. The molecule has 0 unspecified atom stereocenters. The lowest BCUT2D eigenvalue weighted by atomic mass is 10.1. The molecule has 1 amide bonds. The molecule has 0 aliphatic carbocycles. The Morgan fingerprint density at radius 1 is 1.27 bits per heavy atom. The number of nitro groups is 1. The highest BCUT2D eigenvalue weighted by Gasteiger charge is 2.17. The summed E-state index contributed by atoms with van der Waals surface area (Å²) in [6.07, 6.45) is 1.75. The maximum absolute atomic E-state index is 12.3. The molecule has 0 aromatic heterocycles. The summed E-state index contributed by atoms with van der Waals surface area (Å²) in [5.74, 6) is -0.416. The number of hydrogen-bond acceptors (Lipinski definition) is 4. The molecule has 0 radical (unpaired) electrons. The van der Waals surface area contributed by atoms with Crippen LogP contribution in [0.4, 0.5) is 11.4 Å². The van der Waals surface area contributed by atoms with Gasteiger partial charge in [-0.25, -0.2) is 0 Å². The molecule has 2 aromatic carbocycles. The Bertz CT molecular complexity index is 750. The van der Waals surface area contributed by atoms with Gasteiger partial charge >= 0.3 is 0 Å². The van der Waals surface area contributed by atoms with Crippen LogP contribution in [0.3, 0.4) is 0 Å². The van der Waals surface area contributed by atoms with Gasteiger partial charge in [-0.15, -0.1) is 11.8 Å². The van der Waals surface area contributed by atoms with E-state index in [1.165, 1.54) is 17.8 Å². The van der Waals surface area contributed by atoms with Crippen molar-refractivity contribution in [3.8, 4) is 0 Å². The molecule has 2 rings (SSSR count). The fourth-order valence-electron chi connectivity index (χ4n) is 1.90. The molecule has 0 atom stereocenters. The molecule has 0 fully saturated rings. The molecule has 114 valence electrons.